The number of hydrogen-bond acceptors (Lipinski definition) is 2. The van der Waals surface area contributed by atoms with Crippen LogP contribution in [-0.2, 0) is 4.79 Å². The molecule has 0 aliphatic rings. The van der Waals surface area contributed by atoms with Gasteiger partial charge in [-0.2, -0.15) is 0 Å². The maximum atomic E-state index is 12.1. The van der Waals surface area contributed by atoms with Crippen LogP contribution in [0.15, 0.2) is 53.7 Å². The first-order valence-corrected chi connectivity index (χ1v) is 6.28. The van der Waals surface area contributed by atoms with Crippen molar-refractivity contribution in [3.63, 3.8) is 0 Å². The number of aryl methyl sites for hydroxylation is 1. The van der Waals surface area contributed by atoms with E-state index in [-0.39, 0.29) is 5.91 Å². The van der Waals surface area contributed by atoms with Gasteiger partial charge in [-0.3, -0.25) is 9.79 Å². The van der Waals surface area contributed by atoms with Gasteiger partial charge in [0.25, 0.3) is 5.91 Å². The molecule has 0 aliphatic heterocycles. The van der Waals surface area contributed by atoms with Gasteiger partial charge >= 0.3 is 0 Å². The molecule has 100 valence electrons. The van der Waals surface area contributed by atoms with Gasteiger partial charge < -0.3 is 4.90 Å². The van der Waals surface area contributed by atoms with Crippen molar-refractivity contribution < 1.29 is 4.79 Å². The Morgan fingerprint density at radius 1 is 1.47 bits per heavy atom. The van der Waals surface area contributed by atoms with Crippen molar-refractivity contribution in [2.24, 2.45) is 4.99 Å². The fourth-order valence-corrected chi connectivity index (χ4v) is 1.54. The first-order chi connectivity index (χ1) is 9.06. The molecule has 0 aliphatic carbocycles. The third-order valence-electron chi connectivity index (χ3n) is 2.62. The predicted molar refractivity (Wildman–Crippen MR) is 81.7 cm³/mol. The fourth-order valence-electron chi connectivity index (χ4n) is 1.54. The minimum atomic E-state index is -0.131. The molecular weight excluding hydrogens is 236 g/mol. The van der Waals surface area contributed by atoms with Crippen molar-refractivity contribution in [3.05, 3.63) is 54.3 Å². The van der Waals surface area contributed by atoms with Crippen LogP contribution in [0.2, 0.25) is 0 Å². The molecule has 0 heterocycles. The zero-order valence-corrected chi connectivity index (χ0v) is 11.8. The minimum absolute atomic E-state index is 0.131. The van der Waals surface area contributed by atoms with Crippen LogP contribution >= 0.6 is 0 Å². The summed E-state index contributed by atoms with van der Waals surface area (Å²) in [5, 5.41) is 0. The molecule has 1 rings (SSSR count). The summed E-state index contributed by atoms with van der Waals surface area (Å²) in [6.45, 7) is 7.77. The van der Waals surface area contributed by atoms with Crippen LogP contribution in [0.25, 0.3) is 0 Å². The van der Waals surface area contributed by atoms with E-state index in [1.165, 1.54) is 0 Å². The summed E-state index contributed by atoms with van der Waals surface area (Å²) in [5.41, 5.74) is 2.39. The molecule has 19 heavy (non-hydrogen) atoms. The number of hydrogen-bond donors (Lipinski definition) is 0. The normalized spacial score (nSPS) is 11.1. The van der Waals surface area contributed by atoms with Crippen LogP contribution in [0.4, 0.5) is 5.69 Å². The Labute approximate surface area is 115 Å². The Balaban J connectivity index is 2.74. The molecule has 0 saturated carbocycles. The molecule has 0 fully saturated rings. The van der Waals surface area contributed by atoms with E-state index in [0.717, 1.165) is 17.7 Å². The number of carbonyl (C=O) groups excluding carboxylic acids is 1. The average molecular weight is 256 g/mol. The van der Waals surface area contributed by atoms with Crippen LogP contribution in [0.5, 0.6) is 0 Å². The monoisotopic (exact) mass is 256 g/mol. The van der Waals surface area contributed by atoms with Crippen LogP contribution < -0.4 is 4.90 Å². The molecule has 0 N–H and O–H groups in total. The number of anilines is 1. The van der Waals surface area contributed by atoms with E-state index < -0.39 is 0 Å². The van der Waals surface area contributed by atoms with Crippen LogP contribution in [0, 0.1) is 6.92 Å². The topological polar surface area (TPSA) is 32.7 Å². The van der Waals surface area contributed by atoms with Crippen molar-refractivity contribution in [1.29, 1.82) is 0 Å². The summed E-state index contributed by atoms with van der Waals surface area (Å²) in [6.07, 6.45) is 5.86. The van der Waals surface area contributed by atoms with Gasteiger partial charge in [0, 0.05) is 30.7 Å². The number of likely N-dealkylation sites (N-methyl/N-ethyl adjacent to an activating group) is 1. The van der Waals surface area contributed by atoms with Crippen LogP contribution in [0.3, 0.4) is 0 Å². The van der Waals surface area contributed by atoms with Gasteiger partial charge in [0.2, 0.25) is 0 Å². The molecule has 0 saturated heterocycles. The molecule has 0 unspecified atom stereocenters. The summed E-state index contributed by atoms with van der Waals surface area (Å²) >= 11 is 0. The lowest BCUT2D eigenvalue weighted by atomic mass is 10.2. The largest absolute Gasteiger partial charge is 0.311 e. The van der Waals surface area contributed by atoms with E-state index in [1.54, 1.807) is 30.4 Å². The Hall–Kier alpha value is -2.16. The zero-order valence-electron chi connectivity index (χ0n) is 11.8. The number of carbonyl (C=O) groups is 1. The summed E-state index contributed by atoms with van der Waals surface area (Å²) < 4.78 is 0. The second kappa shape index (κ2) is 7.31. The Kier molecular flexibility index (Phi) is 5.73. The molecule has 0 spiro atoms. The minimum Gasteiger partial charge on any atom is -0.311 e. The van der Waals surface area contributed by atoms with E-state index in [4.69, 9.17) is 0 Å². The predicted octanol–water partition coefficient (Wildman–Crippen LogP) is 3.51. The summed E-state index contributed by atoms with van der Waals surface area (Å²) in [5.74, 6) is -0.131. The molecular formula is C16H20N2O. The first-order valence-electron chi connectivity index (χ1n) is 6.28. The molecule has 1 aromatic rings. The van der Waals surface area contributed by atoms with Gasteiger partial charge in [-0.05, 0) is 37.1 Å². The van der Waals surface area contributed by atoms with Crippen LogP contribution in [0.1, 0.15) is 18.9 Å². The smallest absolute Gasteiger partial charge is 0.257 e. The van der Waals surface area contributed by atoms with Gasteiger partial charge in [-0.15, -0.1) is 0 Å². The highest BCUT2D eigenvalue weighted by Crippen LogP contribution is 2.16. The van der Waals surface area contributed by atoms with Crippen molar-refractivity contribution >= 4 is 17.8 Å². The molecule has 0 radical (unpaired) electrons. The van der Waals surface area contributed by atoms with E-state index in [1.807, 2.05) is 38.1 Å². The molecule has 3 nitrogen and oxygen atoms in total. The summed E-state index contributed by atoms with van der Waals surface area (Å²) in [6, 6.07) is 7.79. The van der Waals surface area contributed by atoms with E-state index in [9.17, 15) is 4.79 Å². The van der Waals surface area contributed by atoms with Gasteiger partial charge in [0.05, 0.1) is 0 Å². The van der Waals surface area contributed by atoms with E-state index in [0.29, 0.717) is 5.57 Å². The molecule has 0 atom stereocenters. The number of benzene rings is 1. The quantitative estimate of drug-likeness (QED) is 0.451. The lowest BCUT2D eigenvalue weighted by Crippen LogP contribution is -2.26. The molecule has 0 bridgehead atoms. The highest BCUT2D eigenvalue weighted by molar-refractivity contribution is 6.06. The van der Waals surface area contributed by atoms with E-state index in [2.05, 4.69) is 11.6 Å². The molecule has 0 aromatic heterocycles. The second-order valence-electron chi connectivity index (χ2n) is 4.28. The lowest BCUT2D eigenvalue weighted by Gasteiger charge is -2.17. The number of aliphatic imine (C=N–C) groups is 1. The number of amides is 1. The fraction of sp³-hybridized carbons (Fsp3) is 0.250. The van der Waals surface area contributed by atoms with Crippen molar-refractivity contribution in [2.45, 2.75) is 20.3 Å². The molecule has 1 aromatic carbocycles. The highest BCUT2D eigenvalue weighted by atomic mass is 16.2. The van der Waals surface area contributed by atoms with Gasteiger partial charge in [-0.1, -0.05) is 25.6 Å². The number of nitrogens with zero attached hydrogens (tertiary/aromatic N) is 2. The SMILES string of the molecule is C=C(/C=C\N=CCC)C(=O)N(C)c1cccc(C)c1. The first kappa shape index (κ1) is 14.9. The van der Waals surface area contributed by atoms with Crippen molar-refractivity contribution in [2.75, 3.05) is 11.9 Å². The summed E-state index contributed by atoms with van der Waals surface area (Å²) in [4.78, 5) is 17.7. The third-order valence-corrected chi connectivity index (χ3v) is 2.62. The van der Waals surface area contributed by atoms with Crippen molar-refractivity contribution in [3.8, 4) is 0 Å². The standard InChI is InChI=1S/C16H20N2O/c1-5-10-17-11-9-14(3)16(19)18(4)15-8-6-7-13(2)12-15/h6-12H,3,5H2,1-2,4H3/b11-9-,17-10?. The Morgan fingerprint density at radius 2 is 2.21 bits per heavy atom. The molecule has 3 heteroatoms. The maximum absolute atomic E-state index is 12.1. The van der Waals surface area contributed by atoms with E-state index >= 15 is 0 Å². The van der Waals surface area contributed by atoms with Crippen LogP contribution in [-0.4, -0.2) is 19.2 Å². The Bertz CT molecular complexity index is 515. The van der Waals surface area contributed by atoms with Gasteiger partial charge in [-0.25, -0.2) is 0 Å². The lowest BCUT2D eigenvalue weighted by molar-refractivity contribution is -0.114. The third kappa shape index (κ3) is 4.54. The highest BCUT2D eigenvalue weighted by Gasteiger charge is 2.12. The molecule has 1 amide bonds. The second-order valence-corrected chi connectivity index (χ2v) is 4.28. The average Bonchev–Trinajstić information content (AvgIpc) is 2.41. The van der Waals surface area contributed by atoms with Gasteiger partial charge in [0.15, 0.2) is 0 Å². The Morgan fingerprint density at radius 3 is 2.84 bits per heavy atom. The van der Waals surface area contributed by atoms with Crippen molar-refractivity contribution in [1.82, 2.24) is 0 Å². The zero-order chi connectivity index (χ0) is 14.3. The summed E-state index contributed by atoms with van der Waals surface area (Å²) in [7, 11) is 1.74. The number of rotatable bonds is 5. The van der Waals surface area contributed by atoms with Gasteiger partial charge in [0.1, 0.15) is 0 Å². The maximum Gasteiger partial charge on any atom is 0.257 e.